The SMILES string of the molecule is O=C(N[C@@H](CO)Cc1ccccc1)c1cccc(CCl)c1. The van der Waals surface area contributed by atoms with Crippen molar-refractivity contribution in [2.45, 2.75) is 18.3 Å². The van der Waals surface area contributed by atoms with E-state index in [-0.39, 0.29) is 18.6 Å². The molecular weight excluding hydrogens is 286 g/mol. The molecule has 0 aliphatic rings. The highest BCUT2D eigenvalue weighted by Gasteiger charge is 2.13. The first-order valence-corrected chi connectivity index (χ1v) is 7.37. The van der Waals surface area contributed by atoms with Crippen LogP contribution in [0.1, 0.15) is 21.5 Å². The maximum atomic E-state index is 12.2. The van der Waals surface area contributed by atoms with Gasteiger partial charge in [0.05, 0.1) is 12.6 Å². The minimum atomic E-state index is -0.306. The summed E-state index contributed by atoms with van der Waals surface area (Å²) >= 11 is 5.77. The highest BCUT2D eigenvalue weighted by Crippen LogP contribution is 2.09. The van der Waals surface area contributed by atoms with Crippen molar-refractivity contribution in [2.24, 2.45) is 0 Å². The zero-order chi connectivity index (χ0) is 15.1. The average molecular weight is 304 g/mol. The number of carbonyl (C=O) groups excluding carboxylic acids is 1. The third-order valence-electron chi connectivity index (χ3n) is 3.22. The van der Waals surface area contributed by atoms with Crippen LogP contribution in [0.25, 0.3) is 0 Å². The molecule has 0 aliphatic heterocycles. The van der Waals surface area contributed by atoms with Crippen LogP contribution in [-0.4, -0.2) is 23.7 Å². The van der Waals surface area contributed by atoms with E-state index in [0.717, 1.165) is 11.1 Å². The molecule has 0 radical (unpaired) electrons. The molecule has 0 heterocycles. The molecule has 2 N–H and O–H groups in total. The lowest BCUT2D eigenvalue weighted by Gasteiger charge is -2.16. The van der Waals surface area contributed by atoms with Crippen LogP contribution in [0.15, 0.2) is 54.6 Å². The van der Waals surface area contributed by atoms with Gasteiger partial charge < -0.3 is 10.4 Å². The Balaban J connectivity index is 2.02. The normalized spacial score (nSPS) is 11.9. The number of amides is 1. The number of hydrogen-bond acceptors (Lipinski definition) is 2. The van der Waals surface area contributed by atoms with Crippen molar-refractivity contribution in [3.63, 3.8) is 0 Å². The van der Waals surface area contributed by atoms with Crippen LogP contribution in [-0.2, 0) is 12.3 Å². The smallest absolute Gasteiger partial charge is 0.251 e. The first-order chi connectivity index (χ1) is 10.2. The van der Waals surface area contributed by atoms with Gasteiger partial charge in [-0.2, -0.15) is 0 Å². The van der Waals surface area contributed by atoms with Crippen LogP contribution in [0.5, 0.6) is 0 Å². The Morgan fingerprint density at radius 3 is 2.48 bits per heavy atom. The van der Waals surface area contributed by atoms with Crippen molar-refractivity contribution < 1.29 is 9.90 Å². The highest BCUT2D eigenvalue weighted by molar-refractivity contribution is 6.17. The second kappa shape index (κ2) is 7.81. The summed E-state index contributed by atoms with van der Waals surface area (Å²) in [7, 11) is 0. The first kappa shape index (κ1) is 15.5. The Morgan fingerprint density at radius 2 is 1.81 bits per heavy atom. The van der Waals surface area contributed by atoms with Crippen molar-refractivity contribution in [1.82, 2.24) is 5.32 Å². The zero-order valence-corrected chi connectivity index (χ0v) is 12.4. The van der Waals surface area contributed by atoms with Crippen LogP contribution in [0.2, 0.25) is 0 Å². The Hall–Kier alpha value is -1.84. The zero-order valence-electron chi connectivity index (χ0n) is 11.6. The number of alkyl halides is 1. The van der Waals surface area contributed by atoms with Gasteiger partial charge in [0.2, 0.25) is 0 Å². The van der Waals surface area contributed by atoms with Crippen LogP contribution in [0.3, 0.4) is 0 Å². The third kappa shape index (κ3) is 4.59. The number of carbonyl (C=O) groups is 1. The van der Waals surface area contributed by atoms with E-state index in [9.17, 15) is 9.90 Å². The minimum Gasteiger partial charge on any atom is -0.394 e. The quantitative estimate of drug-likeness (QED) is 0.806. The minimum absolute atomic E-state index is 0.101. The lowest BCUT2D eigenvalue weighted by Crippen LogP contribution is -2.39. The van der Waals surface area contributed by atoms with Gasteiger partial charge in [-0.3, -0.25) is 4.79 Å². The van der Waals surface area contributed by atoms with Crippen molar-refractivity contribution in [3.8, 4) is 0 Å². The fraction of sp³-hybridized carbons (Fsp3) is 0.235. The van der Waals surface area contributed by atoms with Crippen LogP contribution < -0.4 is 5.32 Å². The Labute approximate surface area is 129 Å². The second-order valence-corrected chi connectivity index (χ2v) is 5.14. The molecule has 0 saturated heterocycles. The van der Waals surface area contributed by atoms with Crippen molar-refractivity contribution in [2.75, 3.05) is 6.61 Å². The topological polar surface area (TPSA) is 49.3 Å². The van der Waals surface area contributed by atoms with E-state index < -0.39 is 0 Å². The molecule has 0 unspecified atom stereocenters. The summed E-state index contributed by atoms with van der Waals surface area (Å²) < 4.78 is 0. The monoisotopic (exact) mass is 303 g/mol. The van der Waals surface area contributed by atoms with Crippen LogP contribution in [0, 0.1) is 0 Å². The average Bonchev–Trinajstić information content (AvgIpc) is 2.55. The molecule has 0 bridgehead atoms. The fourth-order valence-electron chi connectivity index (χ4n) is 2.12. The van der Waals surface area contributed by atoms with E-state index >= 15 is 0 Å². The summed E-state index contributed by atoms with van der Waals surface area (Å²) in [6.07, 6.45) is 0.596. The van der Waals surface area contributed by atoms with E-state index in [2.05, 4.69) is 5.32 Å². The fourth-order valence-corrected chi connectivity index (χ4v) is 2.29. The van der Waals surface area contributed by atoms with Gasteiger partial charge in [-0.25, -0.2) is 0 Å². The predicted octanol–water partition coefficient (Wildman–Crippen LogP) is 2.76. The van der Waals surface area contributed by atoms with Crippen molar-refractivity contribution >= 4 is 17.5 Å². The molecule has 0 aliphatic carbocycles. The summed E-state index contributed by atoms with van der Waals surface area (Å²) in [5, 5.41) is 12.3. The van der Waals surface area contributed by atoms with Gasteiger partial charge in [-0.05, 0) is 29.7 Å². The first-order valence-electron chi connectivity index (χ1n) is 6.83. The van der Waals surface area contributed by atoms with E-state index in [1.54, 1.807) is 18.2 Å². The highest BCUT2D eigenvalue weighted by atomic mass is 35.5. The molecule has 1 amide bonds. The second-order valence-electron chi connectivity index (χ2n) is 4.88. The Kier molecular flexibility index (Phi) is 5.78. The summed E-state index contributed by atoms with van der Waals surface area (Å²) in [6, 6.07) is 16.6. The molecule has 2 aromatic rings. The molecular formula is C17H18ClNO2. The maximum Gasteiger partial charge on any atom is 0.251 e. The molecule has 0 aromatic heterocycles. The van der Waals surface area contributed by atoms with Gasteiger partial charge in [0.15, 0.2) is 0 Å². The molecule has 0 fully saturated rings. The van der Waals surface area contributed by atoms with Gasteiger partial charge >= 0.3 is 0 Å². The van der Waals surface area contributed by atoms with Gasteiger partial charge in [0.25, 0.3) is 5.91 Å². The molecule has 1 atom stereocenters. The van der Waals surface area contributed by atoms with Crippen molar-refractivity contribution in [1.29, 1.82) is 0 Å². The summed E-state index contributed by atoms with van der Waals surface area (Å²) in [5.74, 6) is 0.172. The number of aliphatic hydroxyl groups excluding tert-OH is 1. The number of rotatable bonds is 6. The van der Waals surface area contributed by atoms with Gasteiger partial charge in [-0.1, -0.05) is 42.5 Å². The van der Waals surface area contributed by atoms with Gasteiger partial charge in [0, 0.05) is 11.4 Å². The number of halogens is 1. The van der Waals surface area contributed by atoms with Crippen LogP contribution >= 0.6 is 11.6 Å². The van der Waals surface area contributed by atoms with E-state index in [1.807, 2.05) is 36.4 Å². The summed E-state index contributed by atoms with van der Waals surface area (Å²) in [6.45, 7) is -0.101. The van der Waals surface area contributed by atoms with Gasteiger partial charge in [-0.15, -0.1) is 11.6 Å². The molecule has 3 nitrogen and oxygen atoms in total. The standard InChI is InChI=1S/C17H18ClNO2/c18-11-14-7-4-8-15(9-14)17(21)19-16(12-20)10-13-5-2-1-3-6-13/h1-9,16,20H,10-12H2,(H,19,21)/t16-/m1/s1. The Bertz CT molecular complexity index is 586. The molecule has 0 spiro atoms. The predicted molar refractivity (Wildman–Crippen MR) is 84.5 cm³/mol. The van der Waals surface area contributed by atoms with Crippen LogP contribution in [0.4, 0.5) is 0 Å². The number of hydrogen-bond donors (Lipinski definition) is 2. The Morgan fingerprint density at radius 1 is 1.10 bits per heavy atom. The summed E-state index contributed by atoms with van der Waals surface area (Å²) in [5.41, 5.74) is 2.53. The largest absolute Gasteiger partial charge is 0.394 e. The van der Waals surface area contributed by atoms with E-state index in [1.165, 1.54) is 0 Å². The molecule has 0 saturated carbocycles. The van der Waals surface area contributed by atoms with Crippen molar-refractivity contribution in [3.05, 3.63) is 71.3 Å². The number of benzene rings is 2. The molecule has 110 valence electrons. The lowest BCUT2D eigenvalue weighted by molar-refractivity contribution is 0.0916. The molecule has 4 heteroatoms. The lowest BCUT2D eigenvalue weighted by atomic mass is 10.1. The number of nitrogens with one attached hydrogen (secondary N) is 1. The maximum absolute atomic E-state index is 12.2. The van der Waals surface area contributed by atoms with E-state index in [4.69, 9.17) is 11.6 Å². The molecule has 21 heavy (non-hydrogen) atoms. The van der Waals surface area contributed by atoms with E-state index in [0.29, 0.717) is 17.9 Å². The number of aliphatic hydroxyl groups is 1. The third-order valence-corrected chi connectivity index (χ3v) is 3.53. The molecule has 2 aromatic carbocycles. The summed E-state index contributed by atoms with van der Waals surface area (Å²) in [4.78, 5) is 12.2. The van der Waals surface area contributed by atoms with Gasteiger partial charge in [0.1, 0.15) is 0 Å². The molecule has 2 rings (SSSR count).